The fourth-order valence-corrected chi connectivity index (χ4v) is 5.74. The monoisotopic (exact) mass is 540 g/mol. The number of halogens is 3. The highest BCUT2D eigenvalue weighted by molar-refractivity contribution is 6.33. The lowest BCUT2D eigenvalue weighted by molar-refractivity contribution is 0.0607. The average molecular weight is 542 g/mol. The number of aromatic nitrogens is 1. The highest BCUT2D eigenvalue weighted by Crippen LogP contribution is 2.30. The van der Waals surface area contributed by atoms with Crippen LogP contribution in [0.25, 0.3) is 0 Å². The molecule has 1 aromatic carbocycles. The number of hydrogen-bond acceptors (Lipinski definition) is 5. The summed E-state index contributed by atoms with van der Waals surface area (Å²) in [4.78, 5) is 23.3. The Kier molecular flexibility index (Phi) is 9.28. The van der Waals surface area contributed by atoms with Crippen molar-refractivity contribution >= 4 is 35.1 Å². The summed E-state index contributed by atoms with van der Waals surface area (Å²) in [7, 11) is 1.58. The number of likely N-dealkylation sites (tertiary alicyclic amines) is 1. The van der Waals surface area contributed by atoms with E-state index in [0.717, 1.165) is 63.4 Å². The Labute approximate surface area is 225 Å². The minimum absolute atomic E-state index is 0. The number of carbonyl (C=O) groups excluding carboxylic acids is 1. The van der Waals surface area contributed by atoms with E-state index >= 15 is 0 Å². The zero-order chi connectivity index (χ0) is 25.7. The van der Waals surface area contributed by atoms with Crippen LogP contribution >= 0.6 is 23.2 Å². The average Bonchev–Trinajstić information content (AvgIpc) is 2.89. The Morgan fingerprint density at radius 1 is 1.19 bits per heavy atom. The number of pyridine rings is 1. The summed E-state index contributed by atoms with van der Waals surface area (Å²) in [5.41, 5.74) is 1.57. The number of urea groups is 1. The molecule has 7 nitrogen and oxygen atoms in total. The molecule has 0 bridgehead atoms. The molecule has 2 fully saturated rings. The second-order valence-corrected chi connectivity index (χ2v) is 10.4. The van der Waals surface area contributed by atoms with Crippen LogP contribution in [-0.4, -0.2) is 72.7 Å². The second kappa shape index (κ2) is 12.4. The van der Waals surface area contributed by atoms with Crippen LogP contribution in [0.2, 0.25) is 10.0 Å². The molecular formula is C26H39Cl2FN6O. The molecule has 0 spiro atoms. The molecule has 2 aromatic rings. The molecule has 10 heteroatoms. The number of amides is 2. The standard InChI is InChI=1S/C26H35Cl2FN6O.2H2/c1-3-21-17-34(25-23(28)12-18(14-31-25)15-32-26(36)30-2)10-11-35(21)22-6-8-33(9-7-22)16-19-4-5-20(27)13-24(19)29;;/h4-5,12-14,21-22H,3,6-11,15-17H2,1-2H3,(H2,30,32,36);2*1H/t21-;;/m0../s1. The van der Waals surface area contributed by atoms with Gasteiger partial charge in [0.05, 0.1) is 5.02 Å². The van der Waals surface area contributed by atoms with Crippen LogP contribution in [0, 0.1) is 5.82 Å². The fraction of sp³-hybridized carbons (Fsp3) is 0.538. The van der Waals surface area contributed by atoms with Crippen LogP contribution in [0.15, 0.2) is 30.5 Å². The number of hydrogen-bond donors (Lipinski definition) is 2. The van der Waals surface area contributed by atoms with Crippen molar-refractivity contribution in [1.82, 2.24) is 25.4 Å². The lowest BCUT2D eigenvalue weighted by Gasteiger charge is -2.47. The van der Waals surface area contributed by atoms with Crippen molar-refractivity contribution in [2.45, 2.75) is 51.4 Å². The third kappa shape index (κ3) is 6.59. The number of piperidine rings is 1. The van der Waals surface area contributed by atoms with Crippen molar-refractivity contribution in [2.24, 2.45) is 0 Å². The topological polar surface area (TPSA) is 63.7 Å². The van der Waals surface area contributed by atoms with Crippen LogP contribution in [0.5, 0.6) is 0 Å². The number of carbonyl (C=O) groups is 1. The van der Waals surface area contributed by atoms with Gasteiger partial charge in [0, 0.05) is 71.5 Å². The first kappa shape index (κ1) is 26.9. The van der Waals surface area contributed by atoms with E-state index in [0.29, 0.717) is 40.8 Å². The maximum absolute atomic E-state index is 14.2. The van der Waals surface area contributed by atoms with E-state index in [-0.39, 0.29) is 14.7 Å². The Morgan fingerprint density at radius 3 is 2.64 bits per heavy atom. The summed E-state index contributed by atoms with van der Waals surface area (Å²) in [5, 5.41) is 6.34. The first-order chi connectivity index (χ1) is 17.4. The van der Waals surface area contributed by atoms with Crippen LogP contribution < -0.4 is 15.5 Å². The predicted octanol–water partition coefficient (Wildman–Crippen LogP) is 5.01. The van der Waals surface area contributed by atoms with E-state index in [1.165, 1.54) is 6.07 Å². The summed E-state index contributed by atoms with van der Waals surface area (Å²) < 4.78 is 14.2. The molecule has 200 valence electrons. The van der Waals surface area contributed by atoms with Crippen molar-refractivity contribution in [1.29, 1.82) is 0 Å². The molecule has 3 heterocycles. The minimum atomic E-state index is -0.236. The predicted molar refractivity (Wildman–Crippen MR) is 147 cm³/mol. The van der Waals surface area contributed by atoms with E-state index < -0.39 is 0 Å². The van der Waals surface area contributed by atoms with Gasteiger partial charge in [-0.2, -0.15) is 0 Å². The van der Waals surface area contributed by atoms with Gasteiger partial charge in [-0.25, -0.2) is 14.2 Å². The number of piperazine rings is 1. The molecule has 1 atom stereocenters. The normalized spacial score (nSPS) is 19.9. The van der Waals surface area contributed by atoms with Gasteiger partial charge in [-0.15, -0.1) is 0 Å². The van der Waals surface area contributed by atoms with Gasteiger partial charge in [-0.3, -0.25) is 9.80 Å². The van der Waals surface area contributed by atoms with Gasteiger partial charge >= 0.3 is 6.03 Å². The summed E-state index contributed by atoms with van der Waals surface area (Å²) in [5.74, 6) is 0.577. The molecule has 4 rings (SSSR count). The lowest BCUT2D eigenvalue weighted by atomic mass is 9.97. The highest BCUT2D eigenvalue weighted by atomic mass is 35.5. The van der Waals surface area contributed by atoms with Gasteiger partial charge in [0.2, 0.25) is 0 Å². The molecule has 0 unspecified atom stereocenters. The van der Waals surface area contributed by atoms with E-state index in [1.54, 1.807) is 25.4 Å². The molecule has 2 aliphatic heterocycles. The zero-order valence-electron chi connectivity index (χ0n) is 20.9. The van der Waals surface area contributed by atoms with Crippen molar-refractivity contribution in [3.05, 3.63) is 57.5 Å². The maximum Gasteiger partial charge on any atom is 0.314 e. The number of anilines is 1. The van der Waals surface area contributed by atoms with E-state index in [4.69, 9.17) is 23.2 Å². The molecule has 0 saturated carbocycles. The molecule has 2 N–H and O–H groups in total. The highest BCUT2D eigenvalue weighted by Gasteiger charge is 2.34. The lowest BCUT2D eigenvalue weighted by Crippen LogP contribution is -2.58. The van der Waals surface area contributed by atoms with Crippen LogP contribution in [0.1, 0.15) is 40.2 Å². The van der Waals surface area contributed by atoms with Gasteiger partial charge in [-0.1, -0.05) is 36.2 Å². The zero-order valence-corrected chi connectivity index (χ0v) is 22.5. The third-order valence-corrected chi connectivity index (χ3v) is 7.81. The molecule has 0 radical (unpaired) electrons. The number of benzene rings is 1. The molecule has 2 amide bonds. The summed E-state index contributed by atoms with van der Waals surface area (Å²) in [6, 6.07) is 7.55. The summed E-state index contributed by atoms with van der Waals surface area (Å²) >= 11 is 12.5. The summed E-state index contributed by atoms with van der Waals surface area (Å²) in [6.45, 7) is 7.88. The molecule has 2 aliphatic rings. The quantitative estimate of drug-likeness (QED) is 0.516. The summed E-state index contributed by atoms with van der Waals surface area (Å²) in [6.07, 6.45) is 5.00. The van der Waals surface area contributed by atoms with Gasteiger partial charge in [-0.05, 0) is 56.1 Å². The van der Waals surface area contributed by atoms with Gasteiger partial charge < -0.3 is 15.5 Å². The first-order valence-corrected chi connectivity index (χ1v) is 13.4. The van der Waals surface area contributed by atoms with Crippen LogP contribution in [-0.2, 0) is 13.1 Å². The van der Waals surface area contributed by atoms with Crippen molar-refractivity contribution in [3.8, 4) is 0 Å². The Hall–Kier alpha value is -2.13. The number of rotatable bonds is 7. The SMILES string of the molecule is CC[C@H]1CN(c2ncc(CNC(=O)NC)cc2Cl)CCN1C1CCN(Cc2ccc(Cl)cc2F)CC1.[HH].[HH]. The number of nitrogens with zero attached hydrogens (tertiary/aromatic N) is 4. The maximum atomic E-state index is 14.2. The Morgan fingerprint density at radius 2 is 1.97 bits per heavy atom. The van der Waals surface area contributed by atoms with E-state index in [9.17, 15) is 9.18 Å². The molecular weight excluding hydrogens is 502 g/mol. The fourth-order valence-electron chi connectivity index (χ4n) is 5.28. The molecule has 0 aliphatic carbocycles. The van der Waals surface area contributed by atoms with Gasteiger partial charge in [0.1, 0.15) is 11.6 Å². The van der Waals surface area contributed by atoms with Crippen LogP contribution in [0.4, 0.5) is 15.0 Å². The minimum Gasteiger partial charge on any atom is -0.353 e. The first-order valence-electron chi connectivity index (χ1n) is 12.6. The molecule has 36 heavy (non-hydrogen) atoms. The van der Waals surface area contributed by atoms with E-state index in [2.05, 4.69) is 37.2 Å². The smallest absolute Gasteiger partial charge is 0.314 e. The van der Waals surface area contributed by atoms with Gasteiger partial charge in [0.25, 0.3) is 0 Å². The third-order valence-electron chi connectivity index (χ3n) is 7.29. The largest absolute Gasteiger partial charge is 0.353 e. The van der Waals surface area contributed by atoms with Crippen molar-refractivity contribution < 1.29 is 12.0 Å². The van der Waals surface area contributed by atoms with Crippen LogP contribution in [0.3, 0.4) is 0 Å². The Balaban J connectivity index is 0.00000253. The van der Waals surface area contributed by atoms with Gasteiger partial charge in [0.15, 0.2) is 0 Å². The van der Waals surface area contributed by atoms with E-state index in [1.807, 2.05) is 6.07 Å². The van der Waals surface area contributed by atoms with Crippen molar-refractivity contribution in [2.75, 3.05) is 44.7 Å². The Bertz CT molecular complexity index is 1060. The molecule has 2 saturated heterocycles. The number of nitrogens with one attached hydrogen (secondary N) is 2. The second-order valence-electron chi connectivity index (χ2n) is 9.57. The molecule has 1 aromatic heterocycles. The van der Waals surface area contributed by atoms with Crippen molar-refractivity contribution in [3.63, 3.8) is 0 Å².